The van der Waals surface area contributed by atoms with Gasteiger partial charge in [0.2, 0.25) is 0 Å². The normalized spacial score (nSPS) is 14.0. The first kappa shape index (κ1) is 18.9. The van der Waals surface area contributed by atoms with Crippen molar-refractivity contribution in [2.24, 2.45) is 0 Å². The standard InChI is InChI=1S/C22H26N6O/c1-26(2)19-10-6-7-17(15-19)20-16-21(25-24-20)23-22(29)28-13-11-27(12-14-28)18-8-4-3-5-9-18/h3-10,15-16H,11-14H2,1-2H3,(H2,23,24,25,29). The molecule has 0 unspecified atom stereocenters. The van der Waals surface area contributed by atoms with Crippen LogP contribution < -0.4 is 15.1 Å². The summed E-state index contributed by atoms with van der Waals surface area (Å²) in [5, 5.41) is 10.2. The molecule has 3 aromatic rings. The van der Waals surface area contributed by atoms with Crippen LogP contribution in [0.25, 0.3) is 11.3 Å². The third kappa shape index (κ3) is 4.34. The molecule has 1 saturated heterocycles. The Kier molecular flexibility index (Phi) is 5.37. The molecule has 0 radical (unpaired) electrons. The number of amides is 2. The molecule has 0 bridgehead atoms. The van der Waals surface area contributed by atoms with E-state index in [0.717, 1.165) is 30.0 Å². The molecule has 7 heteroatoms. The highest BCUT2D eigenvalue weighted by Gasteiger charge is 2.22. The van der Waals surface area contributed by atoms with E-state index in [1.54, 1.807) is 0 Å². The van der Waals surface area contributed by atoms with Gasteiger partial charge in [-0.25, -0.2) is 4.79 Å². The van der Waals surface area contributed by atoms with E-state index < -0.39 is 0 Å². The molecule has 1 aliphatic heterocycles. The van der Waals surface area contributed by atoms with Crippen molar-refractivity contribution in [1.29, 1.82) is 0 Å². The highest BCUT2D eigenvalue weighted by Crippen LogP contribution is 2.24. The van der Waals surface area contributed by atoms with Crippen LogP contribution in [0.2, 0.25) is 0 Å². The summed E-state index contributed by atoms with van der Waals surface area (Å²) in [4.78, 5) is 18.8. The fourth-order valence-corrected chi connectivity index (χ4v) is 3.48. The number of para-hydroxylation sites is 1. The summed E-state index contributed by atoms with van der Waals surface area (Å²) in [6.07, 6.45) is 0. The smallest absolute Gasteiger partial charge is 0.323 e. The summed E-state index contributed by atoms with van der Waals surface area (Å²) in [7, 11) is 4.02. The summed E-state index contributed by atoms with van der Waals surface area (Å²) in [6, 6.07) is 20.2. The third-order valence-corrected chi connectivity index (χ3v) is 5.17. The van der Waals surface area contributed by atoms with Crippen molar-refractivity contribution in [1.82, 2.24) is 15.1 Å². The van der Waals surface area contributed by atoms with Gasteiger partial charge >= 0.3 is 6.03 Å². The van der Waals surface area contributed by atoms with Crippen LogP contribution in [0.15, 0.2) is 60.7 Å². The highest BCUT2D eigenvalue weighted by molar-refractivity contribution is 5.89. The maximum atomic E-state index is 12.6. The van der Waals surface area contributed by atoms with Gasteiger partial charge in [0, 0.05) is 63.3 Å². The second-order valence-corrected chi connectivity index (χ2v) is 7.35. The van der Waals surface area contributed by atoms with E-state index in [2.05, 4.69) is 49.6 Å². The van der Waals surface area contributed by atoms with Gasteiger partial charge in [-0.2, -0.15) is 5.10 Å². The maximum absolute atomic E-state index is 12.6. The number of carbonyl (C=O) groups is 1. The largest absolute Gasteiger partial charge is 0.378 e. The molecular weight excluding hydrogens is 364 g/mol. The van der Waals surface area contributed by atoms with E-state index in [0.29, 0.717) is 18.9 Å². The molecule has 1 fully saturated rings. The quantitative estimate of drug-likeness (QED) is 0.716. The van der Waals surface area contributed by atoms with Crippen LogP contribution in [0.3, 0.4) is 0 Å². The minimum Gasteiger partial charge on any atom is -0.378 e. The molecule has 4 rings (SSSR count). The number of rotatable bonds is 4. The lowest BCUT2D eigenvalue weighted by Gasteiger charge is -2.35. The van der Waals surface area contributed by atoms with Crippen LogP contribution in [-0.2, 0) is 0 Å². The van der Waals surface area contributed by atoms with Crippen molar-refractivity contribution in [2.45, 2.75) is 0 Å². The number of aromatic amines is 1. The maximum Gasteiger partial charge on any atom is 0.323 e. The zero-order chi connectivity index (χ0) is 20.2. The minimum atomic E-state index is -0.113. The van der Waals surface area contributed by atoms with Gasteiger partial charge in [0.15, 0.2) is 5.82 Å². The number of hydrogen-bond acceptors (Lipinski definition) is 4. The van der Waals surface area contributed by atoms with E-state index >= 15 is 0 Å². The fourth-order valence-electron chi connectivity index (χ4n) is 3.48. The van der Waals surface area contributed by atoms with Gasteiger partial charge in [-0.3, -0.25) is 10.4 Å². The zero-order valence-corrected chi connectivity index (χ0v) is 16.8. The van der Waals surface area contributed by atoms with Gasteiger partial charge in [-0.05, 0) is 24.3 Å². The molecule has 2 aromatic carbocycles. The summed E-state index contributed by atoms with van der Waals surface area (Å²) >= 11 is 0. The number of H-pyrrole nitrogens is 1. The lowest BCUT2D eigenvalue weighted by Crippen LogP contribution is -2.50. The fraction of sp³-hybridized carbons (Fsp3) is 0.273. The Hall–Kier alpha value is -3.48. The van der Waals surface area contributed by atoms with Crippen LogP contribution in [0.5, 0.6) is 0 Å². The molecule has 2 N–H and O–H groups in total. The first-order valence-electron chi connectivity index (χ1n) is 9.79. The Balaban J connectivity index is 1.36. The number of carbonyl (C=O) groups excluding carboxylic acids is 1. The van der Waals surface area contributed by atoms with Crippen LogP contribution in [0.4, 0.5) is 22.0 Å². The Bertz CT molecular complexity index is 960. The second kappa shape index (κ2) is 8.26. The van der Waals surface area contributed by atoms with Crippen molar-refractivity contribution in [2.75, 3.05) is 55.4 Å². The Morgan fingerprint density at radius 3 is 2.48 bits per heavy atom. The molecule has 0 saturated carbocycles. The molecule has 0 aliphatic carbocycles. The van der Waals surface area contributed by atoms with Crippen molar-refractivity contribution >= 4 is 23.2 Å². The topological polar surface area (TPSA) is 67.5 Å². The SMILES string of the molecule is CN(C)c1cccc(-c2cc(NC(=O)N3CCN(c4ccccc4)CC3)n[nH]2)c1. The molecule has 150 valence electrons. The number of nitrogens with zero attached hydrogens (tertiary/aromatic N) is 4. The van der Waals surface area contributed by atoms with Crippen molar-refractivity contribution in [3.63, 3.8) is 0 Å². The summed E-state index contributed by atoms with van der Waals surface area (Å²) in [6.45, 7) is 3.01. The van der Waals surface area contributed by atoms with Crippen molar-refractivity contribution in [3.05, 3.63) is 60.7 Å². The molecule has 7 nitrogen and oxygen atoms in total. The molecule has 0 spiro atoms. The number of hydrogen-bond donors (Lipinski definition) is 2. The van der Waals surface area contributed by atoms with Gasteiger partial charge in [-0.1, -0.05) is 30.3 Å². The minimum absolute atomic E-state index is 0.113. The van der Waals surface area contributed by atoms with Gasteiger partial charge < -0.3 is 14.7 Å². The van der Waals surface area contributed by atoms with E-state index in [1.165, 1.54) is 5.69 Å². The average molecular weight is 390 g/mol. The molecule has 29 heavy (non-hydrogen) atoms. The predicted octanol–water partition coefficient (Wildman–Crippen LogP) is 3.50. The predicted molar refractivity (Wildman–Crippen MR) is 118 cm³/mol. The molecular formula is C22H26N6O. The summed E-state index contributed by atoms with van der Waals surface area (Å²) in [5.74, 6) is 0.533. The van der Waals surface area contributed by atoms with Gasteiger partial charge in [0.05, 0.1) is 5.69 Å². The number of benzene rings is 2. The second-order valence-electron chi connectivity index (χ2n) is 7.35. The Morgan fingerprint density at radius 1 is 1.00 bits per heavy atom. The lowest BCUT2D eigenvalue weighted by atomic mass is 10.1. The molecule has 1 aliphatic rings. The molecule has 2 amide bonds. The number of aromatic nitrogens is 2. The van der Waals surface area contributed by atoms with Crippen molar-refractivity contribution in [3.8, 4) is 11.3 Å². The number of piperazine rings is 1. The van der Waals surface area contributed by atoms with E-state index in [1.807, 2.05) is 55.4 Å². The lowest BCUT2D eigenvalue weighted by molar-refractivity contribution is 0.208. The van der Waals surface area contributed by atoms with E-state index in [9.17, 15) is 4.79 Å². The first-order chi connectivity index (χ1) is 14.1. The highest BCUT2D eigenvalue weighted by atomic mass is 16.2. The van der Waals surface area contributed by atoms with Crippen LogP contribution in [0.1, 0.15) is 0 Å². The Labute approximate surface area is 170 Å². The van der Waals surface area contributed by atoms with E-state index in [4.69, 9.17) is 0 Å². The van der Waals surface area contributed by atoms with E-state index in [-0.39, 0.29) is 6.03 Å². The third-order valence-electron chi connectivity index (χ3n) is 5.17. The zero-order valence-electron chi connectivity index (χ0n) is 16.8. The molecule has 1 aromatic heterocycles. The Morgan fingerprint density at radius 2 is 1.76 bits per heavy atom. The molecule has 0 atom stereocenters. The first-order valence-corrected chi connectivity index (χ1v) is 9.79. The monoisotopic (exact) mass is 390 g/mol. The number of anilines is 3. The van der Waals surface area contributed by atoms with Crippen LogP contribution >= 0.6 is 0 Å². The van der Waals surface area contributed by atoms with Gasteiger partial charge in [0.25, 0.3) is 0 Å². The van der Waals surface area contributed by atoms with Crippen LogP contribution in [-0.4, -0.2) is 61.4 Å². The van der Waals surface area contributed by atoms with Crippen LogP contribution in [0, 0.1) is 0 Å². The number of urea groups is 1. The van der Waals surface area contributed by atoms with Gasteiger partial charge in [0.1, 0.15) is 0 Å². The summed E-state index contributed by atoms with van der Waals surface area (Å²) < 4.78 is 0. The van der Waals surface area contributed by atoms with Crippen molar-refractivity contribution < 1.29 is 4.79 Å². The van der Waals surface area contributed by atoms with Gasteiger partial charge in [-0.15, -0.1) is 0 Å². The summed E-state index contributed by atoms with van der Waals surface area (Å²) in [5.41, 5.74) is 4.21. The number of nitrogens with one attached hydrogen (secondary N) is 2. The average Bonchev–Trinajstić information content (AvgIpc) is 3.23. The molecule has 2 heterocycles.